The van der Waals surface area contributed by atoms with Gasteiger partial charge in [-0.15, -0.1) is 0 Å². The highest BCUT2D eigenvalue weighted by Crippen LogP contribution is 2.52. The van der Waals surface area contributed by atoms with Crippen molar-refractivity contribution in [2.45, 2.75) is 56.9 Å². The third-order valence-electron chi connectivity index (χ3n) is 4.01. The summed E-state index contributed by atoms with van der Waals surface area (Å²) in [7, 11) is 0. The Hall–Kier alpha value is -1.29. The third kappa shape index (κ3) is 4.02. The first-order valence-corrected chi connectivity index (χ1v) is 6.91. The van der Waals surface area contributed by atoms with Crippen LogP contribution >= 0.6 is 0 Å². The molecule has 24 heavy (non-hydrogen) atoms. The van der Waals surface area contributed by atoms with Gasteiger partial charge >= 0.3 is 18.3 Å². The Bertz CT molecular complexity index is 498. The smallest absolute Gasteiger partial charge is 0.428 e. The maximum Gasteiger partial charge on any atom is 0.428 e. The second-order valence-corrected chi connectivity index (χ2v) is 6.16. The summed E-state index contributed by atoms with van der Waals surface area (Å²) in [4.78, 5) is 11.4. The molecule has 3 unspecified atom stereocenters. The van der Waals surface area contributed by atoms with Crippen molar-refractivity contribution in [2.75, 3.05) is 6.61 Å². The first-order valence-electron chi connectivity index (χ1n) is 6.91. The zero-order valence-corrected chi connectivity index (χ0v) is 13.2. The molecule has 0 bridgehead atoms. The highest BCUT2D eigenvalue weighted by atomic mass is 19.4. The number of hydrogen-bond acceptors (Lipinski definition) is 4. The summed E-state index contributed by atoms with van der Waals surface area (Å²) in [6.07, 6.45) is -12.6. The van der Waals surface area contributed by atoms with Crippen LogP contribution in [0.1, 0.15) is 27.2 Å². The van der Waals surface area contributed by atoms with Gasteiger partial charge in [-0.1, -0.05) is 6.58 Å². The molecule has 0 aromatic rings. The van der Waals surface area contributed by atoms with Crippen molar-refractivity contribution in [3.05, 3.63) is 12.2 Å². The Morgan fingerprint density at radius 2 is 1.75 bits per heavy atom. The number of alkyl halides is 6. The average Bonchev–Trinajstić information content (AvgIpc) is 3.06. The molecule has 10 heteroatoms. The number of hydrogen-bond donors (Lipinski definition) is 1. The Labute approximate surface area is 134 Å². The van der Waals surface area contributed by atoms with E-state index >= 15 is 0 Å². The molecule has 0 spiro atoms. The van der Waals surface area contributed by atoms with E-state index in [0.29, 0.717) is 0 Å². The molecule has 0 amide bonds. The monoisotopic (exact) mass is 364 g/mol. The highest BCUT2D eigenvalue weighted by molar-refractivity contribution is 5.87. The SMILES string of the molecule is C=C(C)C(=O)OC(C)C1CC1(C)OCC(O)(C(F)(F)F)C(F)(F)F. The minimum absolute atomic E-state index is 0.0867. The molecule has 1 N–H and O–H groups in total. The van der Waals surface area contributed by atoms with E-state index in [1.54, 1.807) is 0 Å². The molecule has 0 saturated heterocycles. The van der Waals surface area contributed by atoms with Crippen molar-refractivity contribution in [1.82, 2.24) is 0 Å². The minimum atomic E-state index is -5.94. The van der Waals surface area contributed by atoms with Gasteiger partial charge in [0.25, 0.3) is 5.60 Å². The van der Waals surface area contributed by atoms with Crippen LogP contribution in [0.3, 0.4) is 0 Å². The summed E-state index contributed by atoms with van der Waals surface area (Å²) in [5, 5.41) is 9.05. The largest absolute Gasteiger partial charge is 0.459 e. The lowest BCUT2D eigenvalue weighted by Gasteiger charge is -2.33. The Morgan fingerprint density at radius 3 is 2.12 bits per heavy atom. The lowest BCUT2D eigenvalue weighted by atomic mass is 10.0. The Balaban J connectivity index is 2.74. The predicted octanol–water partition coefficient (Wildman–Crippen LogP) is 3.15. The molecule has 1 rings (SSSR count). The quantitative estimate of drug-likeness (QED) is 0.447. The molecular formula is C14H18F6O4. The van der Waals surface area contributed by atoms with Gasteiger partial charge in [-0.3, -0.25) is 0 Å². The number of carbonyl (C=O) groups excluding carboxylic acids is 1. The van der Waals surface area contributed by atoms with Gasteiger partial charge in [-0.2, -0.15) is 26.3 Å². The zero-order chi connectivity index (χ0) is 19.1. The number of carbonyl (C=O) groups is 1. The molecule has 1 saturated carbocycles. The van der Waals surface area contributed by atoms with Gasteiger partial charge in [0.05, 0.1) is 12.2 Å². The molecule has 0 aromatic heterocycles. The molecule has 4 nitrogen and oxygen atoms in total. The summed E-state index contributed by atoms with van der Waals surface area (Å²) in [6.45, 7) is 5.49. The number of esters is 1. The van der Waals surface area contributed by atoms with Crippen molar-refractivity contribution in [3.63, 3.8) is 0 Å². The number of halogens is 6. The Morgan fingerprint density at radius 1 is 1.29 bits per heavy atom. The standard InChI is InChI=1S/C14H18F6O4/c1-7(2)10(21)24-8(3)9-5-11(9,4)23-6-12(22,13(15,16)17)14(18,19)20/h8-9,22H,1,5-6H2,2-4H3. The molecular weight excluding hydrogens is 346 g/mol. The van der Waals surface area contributed by atoms with Crippen LogP contribution in [-0.4, -0.2) is 47.3 Å². The van der Waals surface area contributed by atoms with Gasteiger partial charge in [-0.05, 0) is 27.2 Å². The van der Waals surface area contributed by atoms with E-state index in [-0.39, 0.29) is 12.0 Å². The average molecular weight is 364 g/mol. The summed E-state index contributed by atoms with van der Waals surface area (Å²) < 4.78 is 85.2. The molecule has 1 aliphatic carbocycles. The predicted molar refractivity (Wildman–Crippen MR) is 69.9 cm³/mol. The summed E-state index contributed by atoms with van der Waals surface area (Å²) in [5.41, 5.74) is -6.22. The van der Waals surface area contributed by atoms with Crippen LogP contribution in [0.15, 0.2) is 12.2 Å². The fourth-order valence-corrected chi connectivity index (χ4v) is 2.15. The third-order valence-corrected chi connectivity index (χ3v) is 4.01. The number of ether oxygens (including phenoxy) is 2. The first-order chi connectivity index (χ1) is 10.6. The molecule has 1 fully saturated rings. The maximum atomic E-state index is 12.6. The number of rotatable bonds is 6. The van der Waals surface area contributed by atoms with Crippen molar-refractivity contribution < 1.29 is 45.7 Å². The van der Waals surface area contributed by atoms with Gasteiger partial charge in [0, 0.05) is 11.5 Å². The van der Waals surface area contributed by atoms with Crippen molar-refractivity contribution >= 4 is 5.97 Å². The van der Waals surface area contributed by atoms with Gasteiger partial charge in [0.2, 0.25) is 0 Å². The molecule has 0 aromatic carbocycles. The normalized spacial score (nSPS) is 26.0. The van der Waals surface area contributed by atoms with Crippen LogP contribution in [0.5, 0.6) is 0 Å². The second-order valence-electron chi connectivity index (χ2n) is 6.16. The van der Waals surface area contributed by atoms with Crippen LogP contribution in [0.4, 0.5) is 26.3 Å². The fraction of sp³-hybridized carbons (Fsp3) is 0.786. The topological polar surface area (TPSA) is 55.8 Å². The molecule has 0 heterocycles. The summed E-state index contributed by atoms with van der Waals surface area (Å²) in [6, 6.07) is 0. The molecule has 0 radical (unpaired) electrons. The summed E-state index contributed by atoms with van der Waals surface area (Å²) in [5.74, 6) is -1.31. The van der Waals surface area contributed by atoms with Crippen molar-refractivity contribution in [3.8, 4) is 0 Å². The first kappa shape index (κ1) is 20.8. The van der Waals surface area contributed by atoms with E-state index in [0.717, 1.165) is 0 Å². The van der Waals surface area contributed by atoms with Gasteiger partial charge in [0.15, 0.2) is 0 Å². The number of aliphatic hydroxyl groups is 1. The van der Waals surface area contributed by atoms with Gasteiger partial charge < -0.3 is 14.6 Å². The molecule has 0 aliphatic heterocycles. The zero-order valence-electron chi connectivity index (χ0n) is 13.2. The van der Waals surface area contributed by atoms with Gasteiger partial charge in [-0.25, -0.2) is 4.79 Å². The van der Waals surface area contributed by atoms with E-state index in [4.69, 9.17) is 14.6 Å². The van der Waals surface area contributed by atoms with E-state index in [2.05, 4.69) is 6.58 Å². The van der Waals surface area contributed by atoms with E-state index < -0.39 is 48.2 Å². The highest BCUT2D eigenvalue weighted by Gasteiger charge is 2.72. The minimum Gasteiger partial charge on any atom is -0.459 e. The van der Waals surface area contributed by atoms with Crippen LogP contribution < -0.4 is 0 Å². The van der Waals surface area contributed by atoms with Crippen LogP contribution in [0, 0.1) is 5.92 Å². The summed E-state index contributed by atoms with van der Waals surface area (Å²) >= 11 is 0. The Kier molecular flexibility index (Phi) is 5.37. The molecule has 3 atom stereocenters. The van der Waals surface area contributed by atoms with Crippen LogP contribution in [0.2, 0.25) is 0 Å². The van der Waals surface area contributed by atoms with Gasteiger partial charge in [0.1, 0.15) is 6.10 Å². The van der Waals surface area contributed by atoms with Crippen molar-refractivity contribution in [2.24, 2.45) is 5.92 Å². The fourth-order valence-electron chi connectivity index (χ4n) is 2.15. The molecule has 140 valence electrons. The molecule has 1 aliphatic rings. The lowest BCUT2D eigenvalue weighted by molar-refractivity contribution is -0.380. The van der Waals surface area contributed by atoms with E-state index in [9.17, 15) is 31.1 Å². The van der Waals surface area contributed by atoms with Crippen LogP contribution in [-0.2, 0) is 14.3 Å². The maximum absolute atomic E-state index is 12.6. The van der Waals surface area contributed by atoms with E-state index in [1.807, 2.05) is 0 Å². The second kappa shape index (κ2) is 6.21. The lowest BCUT2D eigenvalue weighted by Crippen LogP contribution is -2.60. The van der Waals surface area contributed by atoms with Crippen LogP contribution in [0.25, 0.3) is 0 Å². The van der Waals surface area contributed by atoms with E-state index in [1.165, 1.54) is 20.8 Å². The van der Waals surface area contributed by atoms with Crippen molar-refractivity contribution in [1.29, 1.82) is 0 Å².